The van der Waals surface area contributed by atoms with Crippen LogP contribution in [0.25, 0.3) is 0 Å². The molecule has 37 heavy (non-hydrogen) atoms. The lowest BCUT2D eigenvalue weighted by Gasteiger charge is -2.55. The quantitative estimate of drug-likeness (QED) is 0.587. The van der Waals surface area contributed by atoms with Gasteiger partial charge in [0.25, 0.3) is 0 Å². The molecule has 2 aliphatic heterocycles. The topological polar surface area (TPSA) is 76.2 Å². The summed E-state index contributed by atoms with van der Waals surface area (Å²) in [6.07, 6.45) is 5.40. The fourth-order valence-corrected chi connectivity index (χ4v) is 4.96. The van der Waals surface area contributed by atoms with E-state index in [1.807, 2.05) is 44.2 Å². The normalized spacial score (nSPS) is 20.1. The Morgan fingerprint density at radius 3 is 2.46 bits per heavy atom. The number of hydrogen-bond acceptors (Lipinski definition) is 4. The number of hydrazine groups is 1. The van der Waals surface area contributed by atoms with E-state index in [-0.39, 0.29) is 43.2 Å². The first-order valence-corrected chi connectivity index (χ1v) is 12.4. The number of carbonyl (C=O) groups excluding carboxylic acids is 3. The lowest BCUT2D eigenvalue weighted by molar-refractivity contribution is -0.191. The third-order valence-corrected chi connectivity index (χ3v) is 6.75. The Balaban J connectivity index is 1.60. The summed E-state index contributed by atoms with van der Waals surface area (Å²) in [4.78, 5) is 43.6. The van der Waals surface area contributed by atoms with Crippen LogP contribution in [-0.2, 0) is 22.6 Å². The molecule has 194 valence electrons. The minimum atomic E-state index is -0.711. The fraction of sp³-hybridized carbons (Fsp3) is 0.393. The summed E-state index contributed by atoms with van der Waals surface area (Å²) in [7, 11) is 0. The number of urea groups is 1. The predicted molar refractivity (Wildman–Crippen MR) is 137 cm³/mol. The Labute approximate surface area is 217 Å². The van der Waals surface area contributed by atoms with E-state index in [1.165, 1.54) is 17.1 Å². The van der Waals surface area contributed by atoms with Crippen LogP contribution < -0.4 is 5.32 Å². The van der Waals surface area contributed by atoms with Crippen molar-refractivity contribution in [3.63, 3.8) is 0 Å². The number of piperazine rings is 1. The third-order valence-electron chi connectivity index (χ3n) is 6.75. The third kappa shape index (κ3) is 5.75. The number of halogens is 1. The van der Waals surface area contributed by atoms with Gasteiger partial charge in [0.1, 0.15) is 18.0 Å². The molecule has 1 N–H and O–H groups in total. The standard InChI is InChI=1S/C28H32FN5O3/c1-4-15-32-19-25(35)33-24(34(32)28(37)30-17-22-8-6-5-7-9-22)18-31(27(36)26(33)20(2)3)16-14-21-10-12-23(29)13-11-21/h1,5-13,20,24,26H,14-19H2,2-3H3,(H,30,37)/t24-,26-/m0/s1. The van der Waals surface area contributed by atoms with Crippen LogP contribution in [0.1, 0.15) is 25.0 Å². The average Bonchev–Trinajstić information content (AvgIpc) is 2.88. The Bertz CT molecular complexity index is 1160. The van der Waals surface area contributed by atoms with E-state index < -0.39 is 18.2 Å². The highest BCUT2D eigenvalue weighted by Crippen LogP contribution is 2.29. The maximum atomic E-state index is 13.5. The highest BCUT2D eigenvalue weighted by Gasteiger charge is 2.52. The molecule has 4 rings (SSSR count). The number of nitrogens with one attached hydrogen (secondary N) is 1. The first-order valence-electron chi connectivity index (χ1n) is 12.4. The van der Waals surface area contributed by atoms with Gasteiger partial charge in [-0.3, -0.25) is 9.59 Å². The number of nitrogens with zero attached hydrogens (tertiary/aromatic N) is 4. The molecule has 0 spiro atoms. The second kappa shape index (κ2) is 11.4. The van der Waals surface area contributed by atoms with E-state index in [0.717, 1.165) is 11.1 Å². The van der Waals surface area contributed by atoms with Gasteiger partial charge in [-0.2, -0.15) is 5.01 Å². The van der Waals surface area contributed by atoms with E-state index in [4.69, 9.17) is 6.42 Å². The summed E-state index contributed by atoms with van der Waals surface area (Å²) in [6, 6.07) is 14.6. The van der Waals surface area contributed by atoms with Crippen molar-refractivity contribution in [2.24, 2.45) is 5.92 Å². The zero-order chi connectivity index (χ0) is 26.5. The molecule has 2 aliphatic rings. The van der Waals surface area contributed by atoms with Crippen LogP contribution in [0.3, 0.4) is 0 Å². The number of benzene rings is 2. The molecule has 8 nitrogen and oxygen atoms in total. The smallest absolute Gasteiger partial charge is 0.334 e. The summed E-state index contributed by atoms with van der Waals surface area (Å²) in [5, 5.41) is 6.00. The minimum Gasteiger partial charge on any atom is -0.337 e. The van der Waals surface area contributed by atoms with Gasteiger partial charge in [-0.25, -0.2) is 14.2 Å². The number of hydrogen-bond donors (Lipinski definition) is 1. The zero-order valence-corrected chi connectivity index (χ0v) is 21.1. The monoisotopic (exact) mass is 505 g/mol. The van der Waals surface area contributed by atoms with E-state index in [9.17, 15) is 18.8 Å². The molecule has 2 aromatic rings. The molecule has 2 aromatic carbocycles. The van der Waals surface area contributed by atoms with Crippen molar-refractivity contribution in [3.05, 3.63) is 71.5 Å². The highest BCUT2D eigenvalue weighted by atomic mass is 19.1. The van der Waals surface area contributed by atoms with Gasteiger partial charge in [0, 0.05) is 13.1 Å². The molecule has 0 unspecified atom stereocenters. The van der Waals surface area contributed by atoms with Gasteiger partial charge in [-0.05, 0) is 35.6 Å². The molecule has 0 aromatic heterocycles. The van der Waals surface area contributed by atoms with Crippen LogP contribution in [-0.4, -0.2) is 76.0 Å². The summed E-state index contributed by atoms with van der Waals surface area (Å²) < 4.78 is 13.3. The Kier molecular flexibility index (Phi) is 8.09. The van der Waals surface area contributed by atoms with Gasteiger partial charge in [-0.15, -0.1) is 6.42 Å². The summed E-state index contributed by atoms with van der Waals surface area (Å²) >= 11 is 0. The van der Waals surface area contributed by atoms with Crippen LogP contribution >= 0.6 is 0 Å². The van der Waals surface area contributed by atoms with E-state index in [0.29, 0.717) is 19.5 Å². The number of rotatable bonds is 7. The summed E-state index contributed by atoms with van der Waals surface area (Å²) in [5.74, 6) is 1.66. The lowest BCUT2D eigenvalue weighted by atomic mass is 9.96. The van der Waals surface area contributed by atoms with Crippen molar-refractivity contribution in [2.45, 2.75) is 39.0 Å². The number of amides is 4. The van der Waals surface area contributed by atoms with E-state index in [2.05, 4.69) is 11.2 Å². The highest BCUT2D eigenvalue weighted by molar-refractivity contribution is 5.91. The van der Waals surface area contributed by atoms with Crippen molar-refractivity contribution in [3.8, 4) is 12.3 Å². The zero-order valence-electron chi connectivity index (χ0n) is 21.1. The second-order valence-electron chi connectivity index (χ2n) is 9.65. The number of fused-ring (bicyclic) bond motifs is 1. The van der Waals surface area contributed by atoms with E-state index in [1.54, 1.807) is 26.9 Å². The molecular weight excluding hydrogens is 473 g/mol. The predicted octanol–water partition coefficient (Wildman–Crippen LogP) is 2.47. The average molecular weight is 506 g/mol. The van der Waals surface area contributed by atoms with Crippen molar-refractivity contribution in [1.82, 2.24) is 25.1 Å². The molecule has 0 saturated carbocycles. The molecule has 0 radical (unpaired) electrons. The molecule has 2 saturated heterocycles. The largest absolute Gasteiger partial charge is 0.337 e. The molecule has 9 heteroatoms. The SMILES string of the molecule is C#CCN1CC(=O)N2[C@@H](C(C)C)C(=O)N(CCc3ccc(F)cc3)C[C@@H]2N1C(=O)NCc1ccccc1. The Morgan fingerprint density at radius 2 is 1.81 bits per heavy atom. The summed E-state index contributed by atoms with van der Waals surface area (Å²) in [5.41, 5.74) is 1.83. The first-order chi connectivity index (χ1) is 17.8. The Morgan fingerprint density at radius 1 is 1.11 bits per heavy atom. The lowest BCUT2D eigenvalue weighted by Crippen LogP contribution is -2.77. The van der Waals surface area contributed by atoms with Gasteiger partial charge in [0.15, 0.2) is 0 Å². The van der Waals surface area contributed by atoms with Crippen LogP contribution in [0.2, 0.25) is 0 Å². The Hall–Kier alpha value is -3.90. The molecule has 2 atom stereocenters. The van der Waals surface area contributed by atoms with Gasteiger partial charge < -0.3 is 15.1 Å². The minimum absolute atomic E-state index is 0.0741. The van der Waals surface area contributed by atoms with Crippen LogP contribution in [0.15, 0.2) is 54.6 Å². The molecule has 2 heterocycles. The molecule has 0 bridgehead atoms. The maximum Gasteiger partial charge on any atom is 0.334 e. The molecular formula is C28H32FN5O3. The summed E-state index contributed by atoms with van der Waals surface area (Å²) in [6.45, 7) is 4.60. The van der Waals surface area contributed by atoms with Crippen LogP contribution in [0.4, 0.5) is 9.18 Å². The van der Waals surface area contributed by atoms with Crippen molar-refractivity contribution >= 4 is 17.8 Å². The van der Waals surface area contributed by atoms with Gasteiger partial charge in [0.05, 0.1) is 19.6 Å². The van der Waals surface area contributed by atoms with Gasteiger partial charge in [-0.1, -0.05) is 62.2 Å². The number of carbonyl (C=O) groups is 3. The second-order valence-corrected chi connectivity index (χ2v) is 9.65. The van der Waals surface area contributed by atoms with Crippen molar-refractivity contribution < 1.29 is 18.8 Å². The molecule has 4 amide bonds. The molecule has 2 fully saturated rings. The van der Waals surface area contributed by atoms with Crippen LogP contribution in [0, 0.1) is 24.1 Å². The van der Waals surface area contributed by atoms with Crippen molar-refractivity contribution in [2.75, 3.05) is 26.2 Å². The van der Waals surface area contributed by atoms with Gasteiger partial charge >= 0.3 is 6.03 Å². The fourth-order valence-electron chi connectivity index (χ4n) is 4.96. The number of terminal acetylenes is 1. The van der Waals surface area contributed by atoms with Gasteiger partial charge in [0.2, 0.25) is 11.8 Å². The molecule has 0 aliphatic carbocycles. The maximum absolute atomic E-state index is 13.5. The van der Waals surface area contributed by atoms with Crippen LogP contribution in [0.5, 0.6) is 0 Å². The van der Waals surface area contributed by atoms with E-state index >= 15 is 0 Å². The van der Waals surface area contributed by atoms with Crippen molar-refractivity contribution in [1.29, 1.82) is 0 Å². The first kappa shape index (κ1) is 26.2.